The summed E-state index contributed by atoms with van der Waals surface area (Å²) in [5.41, 5.74) is 9.06. The van der Waals surface area contributed by atoms with Crippen LogP contribution < -0.4 is 11.3 Å². The van der Waals surface area contributed by atoms with Gasteiger partial charge in [0.25, 0.3) is 5.56 Å². The van der Waals surface area contributed by atoms with Crippen molar-refractivity contribution in [1.29, 1.82) is 5.26 Å². The summed E-state index contributed by atoms with van der Waals surface area (Å²) in [6.45, 7) is 4.21. The van der Waals surface area contributed by atoms with E-state index in [0.717, 1.165) is 17.5 Å². The highest BCUT2D eigenvalue weighted by Gasteiger charge is 2.27. The zero-order valence-electron chi connectivity index (χ0n) is 12.9. The molecule has 23 heavy (non-hydrogen) atoms. The summed E-state index contributed by atoms with van der Waals surface area (Å²) < 4.78 is 1.47. The van der Waals surface area contributed by atoms with E-state index in [0.29, 0.717) is 16.9 Å². The van der Waals surface area contributed by atoms with Gasteiger partial charge in [0.15, 0.2) is 0 Å². The maximum Gasteiger partial charge on any atom is 0.273 e. The topological polar surface area (TPSA) is 71.8 Å². The molecule has 1 aromatic heterocycles. The van der Waals surface area contributed by atoms with Crippen molar-refractivity contribution in [1.82, 2.24) is 4.57 Å². The van der Waals surface area contributed by atoms with E-state index >= 15 is 0 Å². The highest BCUT2D eigenvalue weighted by molar-refractivity contribution is 6.30. The number of anilines is 1. The van der Waals surface area contributed by atoms with E-state index in [2.05, 4.69) is 19.9 Å². The SMILES string of the molecule is CC1(C)C=C(n2cc(N)cc(Cl)c2=O)c2cc(C#N)ccc2C1. The average molecular weight is 326 g/mol. The molecule has 2 N–H and O–H groups in total. The van der Waals surface area contributed by atoms with Gasteiger partial charge in [-0.15, -0.1) is 0 Å². The maximum atomic E-state index is 12.5. The fourth-order valence-corrected chi connectivity index (χ4v) is 3.19. The summed E-state index contributed by atoms with van der Waals surface area (Å²) in [7, 11) is 0. The number of halogens is 1. The highest BCUT2D eigenvalue weighted by atomic mass is 35.5. The van der Waals surface area contributed by atoms with Gasteiger partial charge in [-0.05, 0) is 35.6 Å². The van der Waals surface area contributed by atoms with E-state index in [9.17, 15) is 4.79 Å². The molecule has 2 aromatic rings. The van der Waals surface area contributed by atoms with Crippen molar-refractivity contribution in [2.75, 3.05) is 5.73 Å². The van der Waals surface area contributed by atoms with Gasteiger partial charge < -0.3 is 5.73 Å². The van der Waals surface area contributed by atoms with Gasteiger partial charge in [-0.3, -0.25) is 9.36 Å². The lowest BCUT2D eigenvalue weighted by atomic mass is 9.77. The van der Waals surface area contributed by atoms with Crippen LogP contribution in [0.2, 0.25) is 5.02 Å². The molecule has 1 aromatic carbocycles. The quantitative estimate of drug-likeness (QED) is 0.873. The first-order chi connectivity index (χ1) is 10.8. The summed E-state index contributed by atoms with van der Waals surface area (Å²) in [4.78, 5) is 12.5. The Balaban J connectivity index is 2.33. The first-order valence-corrected chi connectivity index (χ1v) is 7.63. The molecule has 0 aliphatic heterocycles. The van der Waals surface area contributed by atoms with Crippen molar-refractivity contribution in [3.05, 3.63) is 68.6 Å². The van der Waals surface area contributed by atoms with Crippen molar-refractivity contribution < 1.29 is 0 Å². The Hall–Kier alpha value is -2.51. The molecule has 4 nitrogen and oxygen atoms in total. The number of aromatic nitrogens is 1. The zero-order valence-corrected chi connectivity index (χ0v) is 13.7. The molecule has 0 radical (unpaired) electrons. The van der Waals surface area contributed by atoms with E-state index in [4.69, 9.17) is 22.6 Å². The molecular weight excluding hydrogens is 310 g/mol. The van der Waals surface area contributed by atoms with Gasteiger partial charge in [0, 0.05) is 11.8 Å². The Morgan fingerprint density at radius 1 is 1.35 bits per heavy atom. The predicted octanol–water partition coefficient (Wildman–Crippen LogP) is 3.43. The van der Waals surface area contributed by atoms with E-state index in [1.807, 2.05) is 12.1 Å². The van der Waals surface area contributed by atoms with Crippen LogP contribution in [0.15, 0.2) is 41.3 Å². The van der Waals surface area contributed by atoms with E-state index in [1.54, 1.807) is 18.3 Å². The lowest BCUT2D eigenvalue weighted by Crippen LogP contribution is -2.26. The Labute approximate surface area is 139 Å². The third-order valence-corrected chi connectivity index (χ3v) is 4.21. The van der Waals surface area contributed by atoms with E-state index in [-0.39, 0.29) is 16.0 Å². The van der Waals surface area contributed by atoms with Crippen LogP contribution in [-0.2, 0) is 6.42 Å². The van der Waals surface area contributed by atoms with E-state index in [1.165, 1.54) is 10.6 Å². The van der Waals surface area contributed by atoms with Gasteiger partial charge in [-0.1, -0.05) is 37.6 Å². The summed E-state index contributed by atoms with van der Waals surface area (Å²) in [6, 6.07) is 9.14. The second-order valence-corrected chi connectivity index (χ2v) is 6.88. The van der Waals surface area contributed by atoms with Crippen molar-refractivity contribution in [3.8, 4) is 6.07 Å². The fourth-order valence-electron chi connectivity index (χ4n) is 2.97. The normalized spacial score (nSPS) is 15.5. The average Bonchev–Trinajstić information content (AvgIpc) is 2.49. The molecule has 0 saturated carbocycles. The molecule has 3 rings (SSSR count). The van der Waals surface area contributed by atoms with Crippen LogP contribution in [0.1, 0.15) is 30.5 Å². The largest absolute Gasteiger partial charge is 0.397 e. The van der Waals surface area contributed by atoms with Gasteiger partial charge in [0.1, 0.15) is 5.02 Å². The summed E-state index contributed by atoms with van der Waals surface area (Å²) in [5, 5.41) is 9.24. The van der Waals surface area contributed by atoms with Crippen LogP contribution in [-0.4, -0.2) is 4.57 Å². The Morgan fingerprint density at radius 2 is 2.09 bits per heavy atom. The molecule has 1 aliphatic rings. The van der Waals surface area contributed by atoms with Crippen LogP contribution in [0.4, 0.5) is 5.69 Å². The lowest BCUT2D eigenvalue weighted by molar-refractivity contribution is 0.470. The zero-order chi connectivity index (χ0) is 16.8. The van der Waals surface area contributed by atoms with Crippen molar-refractivity contribution >= 4 is 23.0 Å². The second kappa shape index (κ2) is 5.29. The number of hydrogen-bond donors (Lipinski definition) is 1. The smallest absolute Gasteiger partial charge is 0.273 e. The van der Waals surface area contributed by atoms with Crippen molar-refractivity contribution in [3.63, 3.8) is 0 Å². The standard InChI is InChI=1S/C18H16ClN3O/c1-18(2)7-12-4-3-11(9-20)5-14(12)16(8-18)22-10-13(21)6-15(19)17(22)23/h3-6,8,10H,7,21H2,1-2H3. The van der Waals surface area contributed by atoms with Crippen LogP contribution in [0, 0.1) is 16.7 Å². The van der Waals surface area contributed by atoms with Gasteiger partial charge in [0.05, 0.1) is 23.0 Å². The number of rotatable bonds is 1. The summed E-state index contributed by atoms with van der Waals surface area (Å²) in [6.07, 6.45) is 4.44. The van der Waals surface area contributed by atoms with Crippen molar-refractivity contribution in [2.45, 2.75) is 20.3 Å². The molecule has 116 valence electrons. The maximum absolute atomic E-state index is 12.5. The van der Waals surface area contributed by atoms with Gasteiger partial charge >= 0.3 is 0 Å². The molecular formula is C18H16ClN3O. The number of hydrogen-bond acceptors (Lipinski definition) is 3. The Bertz CT molecular complexity index is 932. The number of allylic oxidation sites excluding steroid dienone is 1. The first-order valence-electron chi connectivity index (χ1n) is 7.25. The lowest BCUT2D eigenvalue weighted by Gasteiger charge is -2.30. The van der Waals surface area contributed by atoms with E-state index < -0.39 is 0 Å². The van der Waals surface area contributed by atoms with Gasteiger partial charge in [-0.25, -0.2) is 0 Å². The molecule has 0 unspecified atom stereocenters. The van der Waals surface area contributed by atoms with Crippen LogP contribution in [0.5, 0.6) is 0 Å². The molecule has 5 heteroatoms. The molecule has 0 fully saturated rings. The van der Waals surface area contributed by atoms with Crippen LogP contribution in [0.3, 0.4) is 0 Å². The molecule has 0 bridgehead atoms. The predicted molar refractivity (Wildman–Crippen MR) is 92.1 cm³/mol. The molecule has 1 heterocycles. The Kier molecular flexibility index (Phi) is 3.54. The Morgan fingerprint density at radius 3 is 2.78 bits per heavy atom. The number of benzene rings is 1. The molecule has 1 aliphatic carbocycles. The monoisotopic (exact) mass is 325 g/mol. The number of nitrogen functional groups attached to an aromatic ring is 1. The highest BCUT2D eigenvalue weighted by Crippen LogP contribution is 2.37. The third kappa shape index (κ3) is 2.76. The number of pyridine rings is 1. The van der Waals surface area contributed by atoms with Crippen molar-refractivity contribution in [2.24, 2.45) is 5.41 Å². The van der Waals surface area contributed by atoms with Crippen LogP contribution >= 0.6 is 11.6 Å². The minimum atomic E-state index is -0.321. The number of nitrogens with two attached hydrogens (primary N) is 1. The molecule has 0 saturated heterocycles. The summed E-state index contributed by atoms with van der Waals surface area (Å²) in [5.74, 6) is 0. The summed E-state index contributed by atoms with van der Waals surface area (Å²) >= 11 is 6.00. The minimum Gasteiger partial charge on any atom is -0.397 e. The number of nitriles is 1. The molecule has 0 atom stereocenters. The number of fused-ring (bicyclic) bond motifs is 1. The van der Waals surface area contributed by atoms with Gasteiger partial charge in [0.2, 0.25) is 0 Å². The second-order valence-electron chi connectivity index (χ2n) is 6.48. The van der Waals surface area contributed by atoms with Crippen LogP contribution in [0.25, 0.3) is 5.70 Å². The number of nitrogens with zero attached hydrogens (tertiary/aromatic N) is 2. The third-order valence-electron chi connectivity index (χ3n) is 3.94. The fraction of sp³-hybridized carbons (Fsp3) is 0.222. The van der Waals surface area contributed by atoms with Gasteiger partial charge in [-0.2, -0.15) is 5.26 Å². The minimum absolute atomic E-state index is 0.0762. The molecule has 0 spiro atoms. The molecule has 0 amide bonds. The first kappa shape index (κ1) is 15.4.